The molecule has 0 bridgehead atoms. The van der Waals surface area contributed by atoms with E-state index in [0.717, 1.165) is 91.2 Å². The summed E-state index contributed by atoms with van der Waals surface area (Å²) in [5, 5.41) is 1.03. The van der Waals surface area contributed by atoms with Crippen LogP contribution in [0.3, 0.4) is 0 Å². The van der Waals surface area contributed by atoms with Crippen LogP contribution in [-0.4, -0.2) is 89.6 Å². The normalized spacial score (nSPS) is 17.9. The molecule has 1 amide bonds. The van der Waals surface area contributed by atoms with E-state index >= 15 is 0 Å². The number of amides is 1. The number of carbonyl (C=O) groups excluding carboxylic acids is 1. The number of rotatable bonds is 4. The number of anilines is 2. The molecule has 0 saturated carbocycles. The summed E-state index contributed by atoms with van der Waals surface area (Å²) in [7, 11) is 0. The van der Waals surface area contributed by atoms with E-state index in [4.69, 9.17) is 0 Å². The second-order valence-corrected chi connectivity index (χ2v) is 9.32. The average Bonchev–Trinajstić information content (AvgIpc) is 3.21. The summed E-state index contributed by atoms with van der Waals surface area (Å²) >= 11 is 1.50. The topological polar surface area (TPSA) is 68.7 Å². The van der Waals surface area contributed by atoms with Crippen molar-refractivity contribution in [3.05, 3.63) is 41.2 Å². The fourth-order valence-electron chi connectivity index (χ4n) is 4.60. The van der Waals surface area contributed by atoms with E-state index in [1.165, 1.54) is 11.3 Å². The fraction of sp³-hybridized carbons (Fsp3) is 0.478. The average molecular weight is 452 g/mol. The van der Waals surface area contributed by atoms with Crippen LogP contribution in [0, 0.1) is 6.92 Å². The molecule has 3 aromatic rings. The lowest BCUT2D eigenvalue weighted by Crippen LogP contribution is -2.48. The molecule has 0 spiro atoms. The Bertz CT molecular complexity index is 1090. The van der Waals surface area contributed by atoms with Crippen molar-refractivity contribution in [1.29, 1.82) is 0 Å². The molecule has 0 aliphatic carbocycles. The molecule has 8 nitrogen and oxygen atoms in total. The SMILES string of the molecule is CCN1CCN(C(=O)c2sc3ncnc(N4CCN(c5ccccn5)CC4)c3c2C)CC1. The first kappa shape index (κ1) is 21.1. The highest BCUT2D eigenvalue weighted by atomic mass is 32.1. The highest BCUT2D eigenvalue weighted by molar-refractivity contribution is 7.20. The maximum atomic E-state index is 13.3. The predicted octanol–water partition coefficient (Wildman–Crippen LogP) is 2.50. The van der Waals surface area contributed by atoms with Gasteiger partial charge in [-0.05, 0) is 31.2 Å². The zero-order valence-electron chi connectivity index (χ0n) is 18.7. The number of aromatic nitrogens is 3. The van der Waals surface area contributed by atoms with Crippen LogP contribution in [0.4, 0.5) is 11.6 Å². The van der Waals surface area contributed by atoms with E-state index in [9.17, 15) is 4.79 Å². The Morgan fingerprint density at radius 2 is 1.72 bits per heavy atom. The van der Waals surface area contributed by atoms with Crippen molar-refractivity contribution in [3.8, 4) is 0 Å². The number of hydrogen-bond acceptors (Lipinski definition) is 8. The third kappa shape index (κ3) is 3.91. The molecule has 2 fully saturated rings. The van der Waals surface area contributed by atoms with Crippen LogP contribution < -0.4 is 9.80 Å². The molecule has 0 atom stereocenters. The van der Waals surface area contributed by atoms with Gasteiger partial charge >= 0.3 is 0 Å². The minimum atomic E-state index is 0.132. The van der Waals surface area contributed by atoms with E-state index in [1.54, 1.807) is 6.33 Å². The number of likely N-dealkylation sites (N-methyl/N-ethyl adjacent to an activating group) is 1. The number of carbonyl (C=O) groups is 1. The molecule has 5 rings (SSSR count). The molecule has 0 N–H and O–H groups in total. The van der Waals surface area contributed by atoms with Gasteiger partial charge in [-0.1, -0.05) is 13.0 Å². The van der Waals surface area contributed by atoms with Crippen LogP contribution in [0.5, 0.6) is 0 Å². The largest absolute Gasteiger partial charge is 0.353 e. The van der Waals surface area contributed by atoms with Crippen LogP contribution in [0.25, 0.3) is 10.2 Å². The molecule has 168 valence electrons. The molecule has 32 heavy (non-hydrogen) atoms. The van der Waals surface area contributed by atoms with Crippen molar-refractivity contribution in [2.45, 2.75) is 13.8 Å². The molecule has 0 aromatic carbocycles. The minimum Gasteiger partial charge on any atom is -0.353 e. The number of piperazine rings is 2. The predicted molar refractivity (Wildman–Crippen MR) is 129 cm³/mol. The van der Waals surface area contributed by atoms with Crippen molar-refractivity contribution in [2.75, 3.05) is 68.7 Å². The highest BCUT2D eigenvalue weighted by Crippen LogP contribution is 2.36. The molecular formula is C23H29N7OS. The van der Waals surface area contributed by atoms with Crippen LogP contribution in [0.2, 0.25) is 0 Å². The Balaban J connectivity index is 1.36. The summed E-state index contributed by atoms with van der Waals surface area (Å²) in [6.07, 6.45) is 3.47. The minimum absolute atomic E-state index is 0.132. The van der Waals surface area contributed by atoms with Gasteiger partial charge in [0.15, 0.2) is 0 Å². The standard InChI is InChI=1S/C23H29N7OS/c1-3-27-8-10-30(11-9-27)23(31)20-17(2)19-21(25-16-26-22(19)32-20)29-14-12-28(13-15-29)18-6-4-5-7-24-18/h4-7,16H,3,8-15H2,1-2H3. The van der Waals surface area contributed by atoms with E-state index in [-0.39, 0.29) is 5.91 Å². The second-order valence-electron chi connectivity index (χ2n) is 8.32. The lowest BCUT2D eigenvalue weighted by Gasteiger charge is -2.36. The molecule has 3 aromatic heterocycles. The van der Waals surface area contributed by atoms with Gasteiger partial charge in [0.1, 0.15) is 22.8 Å². The second kappa shape index (κ2) is 8.99. The van der Waals surface area contributed by atoms with Crippen molar-refractivity contribution < 1.29 is 4.79 Å². The van der Waals surface area contributed by atoms with Crippen molar-refractivity contribution in [1.82, 2.24) is 24.8 Å². The zero-order valence-corrected chi connectivity index (χ0v) is 19.5. The fourth-order valence-corrected chi connectivity index (χ4v) is 5.71. The number of pyridine rings is 1. The molecule has 5 heterocycles. The lowest BCUT2D eigenvalue weighted by molar-refractivity contribution is 0.0647. The van der Waals surface area contributed by atoms with Gasteiger partial charge in [-0.2, -0.15) is 0 Å². The van der Waals surface area contributed by atoms with E-state index < -0.39 is 0 Å². The summed E-state index contributed by atoms with van der Waals surface area (Å²) < 4.78 is 0. The van der Waals surface area contributed by atoms with E-state index in [2.05, 4.69) is 42.6 Å². The van der Waals surface area contributed by atoms with Crippen molar-refractivity contribution in [3.63, 3.8) is 0 Å². The monoisotopic (exact) mass is 451 g/mol. The molecular weight excluding hydrogens is 422 g/mol. The summed E-state index contributed by atoms with van der Waals surface area (Å²) in [5.41, 5.74) is 1.01. The van der Waals surface area contributed by atoms with Crippen molar-refractivity contribution in [2.24, 2.45) is 0 Å². The smallest absolute Gasteiger partial charge is 0.264 e. The number of hydrogen-bond donors (Lipinski definition) is 0. The third-order valence-electron chi connectivity index (χ3n) is 6.56. The Labute approximate surface area is 192 Å². The molecule has 2 saturated heterocycles. The van der Waals surface area contributed by atoms with Gasteiger partial charge in [0, 0.05) is 58.6 Å². The van der Waals surface area contributed by atoms with E-state index in [1.807, 2.05) is 30.2 Å². The molecule has 0 unspecified atom stereocenters. The van der Waals surface area contributed by atoms with E-state index in [0.29, 0.717) is 0 Å². The van der Waals surface area contributed by atoms with Crippen LogP contribution in [0.15, 0.2) is 30.7 Å². The Kier molecular flexibility index (Phi) is 5.93. The Morgan fingerprint density at radius 3 is 2.41 bits per heavy atom. The molecule has 0 radical (unpaired) electrons. The highest BCUT2D eigenvalue weighted by Gasteiger charge is 2.28. The van der Waals surface area contributed by atoms with Gasteiger partial charge in [0.05, 0.1) is 10.3 Å². The quantitative estimate of drug-likeness (QED) is 0.604. The maximum Gasteiger partial charge on any atom is 0.264 e. The number of fused-ring (bicyclic) bond motifs is 1. The summed E-state index contributed by atoms with van der Waals surface area (Å²) in [6, 6.07) is 6.02. The van der Waals surface area contributed by atoms with Gasteiger partial charge in [0.2, 0.25) is 0 Å². The van der Waals surface area contributed by atoms with Crippen LogP contribution in [-0.2, 0) is 0 Å². The third-order valence-corrected chi connectivity index (χ3v) is 7.75. The van der Waals surface area contributed by atoms with Gasteiger partial charge in [0.25, 0.3) is 5.91 Å². The zero-order chi connectivity index (χ0) is 22.1. The first-order valence-electron chi connectivity index (χ1n) is 11.3. The molecule has 2 aliphatic heterocycles. The first-order chi connectivity index (χ1) is 15.7. The van der Waals surface area contributed by atoms with Crippen molar-refractivity contribution >= 4 is 39.1 Å². The maximum absolute atomic E-state index is 13.3. The lowest BCUT2D eigenvalue weighted by atomic mass is 10.1. The number of nitrogens with zero attached hydrogens (tertiary/aromatic N) is 7. The molecule has 9 heteroatoms. The van der Waals surface area contributed by atoms with Gasteiger partial charge in [-0.15, -0.1) is 11.3 Å². The van der Waals surface area contributed by atoms with Gasteiger partial charge < -0.3 is 19.6 Å². The summed E-state index contributed by atoms with van der Waals surface area (Å²) in [4.78, 5) is 37.7. The van der Waals surface area contributed by atoms with Crippen LogP contribution in [0.1, 0.15) is 22.2 Å². The van der Waals surface area contributed by atoms with Gasteiger partial charge in [-0.3, -0.25) is 4.79 Å². The van der Waals surface area contributed by atoms with Gasteiger partial charge in [-0.25, -0.2) is 15.0 Å². The summed E-state index contributed by atoms with van der Waals surface area (Å²) in [5.74, 6) is 2.09. The molecule has 2 aliphatic rings. The Morgan fingerprint density at radius 1 is 0.969 bits per heavy atom. The number of thiophene rings is 1. The summed E-state index contributed by atoms with van der Waals surface area (Å²) in [6.45, 7) is 12.2. The number of aryl methyl sites for hydroxylation is 1. The van der Waals surface area contributed by atoms with Crippen LogP contribution >= 0.6 is 11.3 Å². The Hall–Kier alpha value is -2.78. The first-order valence-corrected chi connectivity index (χ1v) is 12.1.